The van der Waals surface area contributed by atoms with E-state index in [1.165, 1.54) is 0 Å². The normalized spacial score (nSPS) is 29.2. The Kier molecular flexibility index (Phi) is 3.91. The molecule has 1 heterocycles. The highest BCUT2D eigenvalue weighted by molar-refractivity contribution is 5.75. The van der Waals surface area contributed by atoms with Crippen molar-refractivity contribution in [2.75, 3.05) is 6.61 Å². The average Bonchev–Trinajstić information content (AvgIpc) is 2.04. The van der Waals surface area contributed by atoms with Crippen molar-refractivity contribution in [1.82, 2.24) is 0 Å². The van der Waals surface area contributed by atoms with Gasteiger partial charge >= 0.3 is 0 Å². The van der Waals surface area contributed by atoms with Crippen LogP contribution in [0.5, 0.6) is 0 Å². The Hall–Kier alpha value is -0.370. The molecule has 1 fully saturated rings. The first-order valence-electron chi connectivity index (χ1n) is 5.20. The van der Waals surface area contributed by atoms with Gasteiger partial charge in [0.25, 0.3) is 0 Å². The molecule has 0 unspecified atom stereocenters. The number of ketones is 1. The van der Waals surface area contributed by atoms with Gasteiger partial charge in [-0.3, -0.25) is 0 Å². The van der Waals surface area contributed by atoms with E-state index in [0.29, 0.717) is 24.4 Å². The number of carbonyl (C=O) groups is 1. The Morgan fingerprint density at radius 1 is 1.46 bits per heavy atom. The van der Waals surface area contributed by atoms with Gasteiger partial charge in [-0.25, -0.2) is 0 Å². The summed E-state index contributed by atoms with van der Waals surface area (Å²) < 4.78 is 5.70. The molecule has 0 aromatic carbocycles. The van der Waals surface area contributed by atoms with Gasteiger partial charge in [0.1, 0.15) is 5.78 Å². The first kappa shape index (κ1) is 10.7. The Morgan fingerprint density at radius 2 is 2.15 bits per heavy atom. The summed E-state index contributed by atoms with van der Waals surface area (Å²) in [5.41, 5.74) is 0. The molecule has 0 amide bonds. The molecule has 76 valence electrons. The number of rotatable bonds is 3. The summed E-state index contributed by atoms with van der Waals surface area (Å²) in [5.74, 6) is 1.38. The first-order chi connectivity index (χ1) is 6.09. The fourth-order valence-corrected chi connectivity index (χ4v) is 1.92. The molecule has 0 aromatic rings. The molecule has 2 heteroatoms. The standard InChI is InChI=1S/C11H20O2/c1-8(2)11-5-4-10(7-13-11)6-9(3)12/h8,10-11H,4-7H2,1-3H3/t10-,11+/m0/s1. The van der Waals surface area contributed by atoms with Gasteiger partial charge < -0.3 is 9.53 Å². The summed E-state index contributed by atoms with van der Waals surface area (Å²) in [6.07, 6.45) is 3.39. The molecule has 0 aromatic heterocycles. The average molecular weight is 184 g/mol. The molecule has 1 rings (SSSR count). The molecular weight excluding hydrogens is 164 g/mol. The van der Waals surface area contributed by atoms with E-state index in [-0.39, 0.29) is 5.78 Å². The van der Waals surface area contributed by atoms with Gasteiger partial charge in [0.05, 0.1) is 12.7 Å². The molecule has 1 aliphatic heterocycles. The van der Waals surface area contributed by atoms with E-state index in [1.54, 1.807) is 6.92 Å². The topological polar surface area (TPSA) is 26.3 Å². The lowest BCUT2D eigenvalue weighted by Gasteiger charge is -2.30. The SMILES string of the molecule is CC(=O)C[C@@H]1CC[C@H](C(C)C)OC1. The number of hydrogen-bond donors (Lipinski definition) is 0. The predicted octanol–water partition coefficient (Wildman–Crippen LogP) is 2.42. The van der Waals surface area contributed by atoms with Crippen molar-refractivity contribution >= 4 is 5.78 Å². The van der Waals surface area contributed by atoms with E-state index in [0.717, 1.165) is 19.4 Å². The largest absolute Gasteiger partial charge is 0.378 e. The van der Waals surface area contributed by atoms with Gasteiger partial charge in [-0.05, 0) is 31.6 Å². The predicted molar refractivity (Wildman–Crippen MR) is 52.6 cm³/mol. The van der Waals surface area contributed by atoms with E-state index in [2.05, 4.69) is 13.8 Å². The van der Waals surface area contributed by atoms with Gasteiger partial charge in [0.2, 0.25) is 0 Å². The summed E-state index contributed by atoms with van der Waals surface area (Å²) in [5, 5.41) is 0. The van der Waals surface area contributed by atoms with Gasteiger partial charge in [-0.1, -0.05) is 13.8 Å². The van der Waals surface area contributed by atoms with Crippen LogP contribution in [0.25, 0.3) is 0 Å². The fourth-order valence-electron chi connectivity index (χ4n) is 1.92. The maximum Gasteiger partial charge on any atom is 0.130 e. The lowest BCUT2D eigenvalue weighted by Crippen LogP contribution is -2.30. The number of carbonyl (C=O) groups excluding carboxylic acids is 1. The molecule has 0 saturated carbocycles. The third-order valence-corrected chi connectivity index (χ3v) is 2.73. The van der Waals surface area contributed by atoms with Crippen molar-refractivity contribution in [3.05, 3.63) is 0 Å². The number of ether oxygens (including phenoxy) is 1. The third-order valence-electron chi connectivity index (χ3n) is 2.73. The summed E-state index contributed by atoms with van der Waals surface area (Å²) in [4.78, 5) is 10.9. The first-order valence-corrected chi connectivity index (χ1v) is 5.20. The van der Waals surface area contributed by atoms with E-state index >= 15 is 0 Å². The minimum atomic E-state index is 0.289. The van der Waals surface area contributed by atoms with Crippen LogP contribution in [0.3, 0.4) is 0 Å². The van der Waals surface area contributed by atoms with Crippen LogP contribution < -0.4 is 0 Å². The summed E-state index contributed by atoms with van der Waals surface area (Å²) >= 11 is 0. The summed E-state index contributed by atoms with van der Waals surface area (Å²) in [6, 6.07) is 0. The summed E-state index contributed by atoms with van der Waals surface area (Å²) in [7, 11) is 0. The van der Waals surface area contributed by atoms with Crippen molar-refractivity contribution in [3.63, 3.8) is 0 Å². The second-order valence-electron chi connectivity index (χ2n) is 4.47. The van der Waals surface area contributed by atoms with Crippen LogP contribution in [-0.4, -0.2) is 18.5 Å². The summed E-state index contributed by atoms with van der Waals surface area (Å²) in [6.45, 7) is 6.82. The molecule has 0 bridgehead atoms. The fraction of sp³-hybridized carbons (Fsp3) is 0.909. The van der Waals surface area contributed by atoms with Crippen LogP contribution in [0.1, 0.15) is 40.0 Å². The lowest BCUT2D eigenvalue weighted by molar-refractivity contribution is -0.120. The molecule has 0 aliphatic carbocycles. The van der Waals surface area contributed by atoms with Crippen LogP contribution in [0.15, 0.2) is 0 Å². The Morgan fingerprint density at radius 3 is 2.54 bits per heavy atom. The number of hydrogen-bond acceptors (Lipinski definition) is 2. The van der Waals surface area contributed by atoms with Crippen LogP contribution in [0.4, 0.5) is 0 Å². The highest BCUT2D eigenvalue weighted by Crippen LogP contribution is 2.25. The van der Waals surface area contributed by atoms with Gasteiger partial charge in [0, 0.05) is 6.42 Å². The van der Waals surface area contributed by atoms with Crippen molar-refractivity contribution in [2.24, 2.45) is 11.8 Å². The highest BCUT2D eigenvalue weighted by Gasteiger charge is 2.24. The molecule has 13 heavy (non-hydrogen) atoms. The Balaban J connectivity index is 2.26. The Labute approximate surface area is 80.7 Å². The quantitative estimate of drug-likeness (QED) is 0.673. The molecule has 0 N–H and O–H groups in total. The van der Waals surface area contributed by atoms with Crippen LogP contribution in [0, 0.1) is 11.8 Å². The second kappa shape index (κ2) is 4.75. The smallest absolute Gasteiger partial charge is 0.130 e. The zero-order valence-electron chi connectivity index (χ0n) is 8.88. The van der Waals surface area contributed by atoms with Crippen molar-refractivity contribution < 1.29 is 9.53 Å². The maximum absolute atomic E-state index is 10.9. The zero-order valence-corrected chi connectivity index (χ0v) is 8.88. The lowest BCUT2D eigenvalue weighted by atomic mass is 9.90. The van der Waals surface area contributed by atoms with E-state index < -0.39 is 0 Å². The molecular formula is C11H20O2. The second-order valence-corrected chi connectivity index (χ2v) is 4.47. The van der Waals surface area contributed by atoms with Crippen LogP contribution >= 0.6 is 0 Å². The van der Waals surface area contributed by atoms with Crippen molar-refractivity contribution in [1.29, 1.82) is 0 Å². The Bertz CT molecular complexity index is 167. The van der Waals surface area contributed by atoms with Gasteiger partial charge in [0.15, 0.2) is 0 Å². The molecule has 0 radical (unpaired) electrons. The minimum absolute atomic E-state index is 0.289. The van der Waals surface area contributed by atoms with E-state index in [4.69, 9.17) is 4.74 Å². The molecule has 2 atom stereocenters. The third kappa shape index (κ3) is 3.47. The zero-order chi connectivity index (χ0) is 9.84. The molecule has 2 nitrogen and oxygen atoms in total. The molecule has 0 spiro atoms. The van der Waals surface area contributed by atoms with E-state index in [1.807, 2.05) is 0 Å². The molecule has 1 saturated heterocycles. The monoisotopic (exact) mass is 184 g/mol. The molecule has 1 aliphatic rings. The minimum Gasteiger partial charge on any atom is -0.378 e. The van der Waals surface area contributed by atoms with Crippen molar-refractivity contribution in [2.45, 2.75) is 46.1 Å². The number of Topliss-reactive ketones (excluding diaryl/α,β-unsaturated/α-hetero) is 1. The van der Waals surface area contributed by atoms with Crippen molar-refractivity contribution in [3.8, 4) is 0 Å². The van der Waals surface area contributed by atoms with Gasteiger partial charge in [-0.2, -0.15) is 0 Å². The van der Waals surface area contributed by atoms with Crippen LogP contribution in [-0.2, 0) is 9.53 Å². The van der Waals surface area contributed by atoms with Crippen LogP contribution in [0.2, 0.25) is 0 Å². The highest BCUT2D eigenvalue weighted by atomic mass is 16.5. The maximum atomic E-state index is 10.9. The van der Waals surface area contributed by atoms with Gasteiger partial charge in [-0.15, -0.1) is 0 Å². The van der Waals surface area contributed by atoms with E-state index in [9.17, 15) is 4.79 Å².